The first kappa shape index (κ1) is 29.0. The van der Waals surface area contributed by atoms with Crippen LogP contribution in [-0.2, 0) is 14.3 Å². The quantitative estimate of drug-likeness (QED) is 0.524. The van der Waals surface area contributed by atoms with Crippen LogP contribution < -0.4 is 10.6 Å². The van der Waals surface area contributed by atoms with Crippen LogP contribution in [0.4, 0.5) is 4.79 Å². The second kappa shape index (κ2) is 12.4. The summed E-state index contributed by atoms with van der Waals surface area (Å²) >= 11 is 0. The van der Waals surface area contributed by atoms with Gasteiger partial charge in [-0.25, -0.2) is 4.79 Å². The summed E-state index contributed by atoms with van der Waals surface area (Å²) in [6.45, 7) is 16.2. The van der Waals surface area contributed by atoms with E-state index < -0.39 is 29.7 Å². The van der Waals surface area contributed by atoms with Crippen molar-refractivity contribution in [3.05, 3.63) is 34.9 Å². The van der Waals surface area contributed by atoms with Gasteiger partial charge in [-0.15, -0.1) is 0 Å². The molecule has 1 rings (SSSR count). The number of rotatable bonds is 9. The first-order chi connectivity index (χ1) is 15.7. The Balaban J connectivity index is 3.51. The van der Waals surface area contributed by atoms with Crippen LogP contribution in [0.3, 0.4) is 0 Å². The number of alkyl carbamates (subject to hydrolysis) is 1. The van der Waals surface area contributed by atoms with Gasteiger partial charge in [-0.2, -0.15) is 5.26 Å². The van der Waals surface area contributed by atoms with Crippen LogP contribution in [0, 0.1) is 31.1 Å². The average Bonchev–Trinajstić information content (AvgIpc) is 2.67. The van der Waals surface area contributed by atoms with Gasteiger partial charge in [0.25, 0.3) is 0 Å². The van der Waals surface area contributed by atoms with Gasteiger partial charge in [0.05, 0.1) is 6.07 Å². The van der Waals surface area contributed by atoms with Gasteiger partial charge in [-0.3, -0.25) is 9.59 Å². The smallest absolute Gasteiger partial charge is 0.408 e. The molecule has 0 heterocycles. The molecule has 0 aliphatic heterocycles. The first-order valence-electron chi connectivity index (χ1n) is 11.7. The molecule has 0 aliphatic rings. The number of nitrogens with one attached hydrogen (secondary N) is 2. The molecular weight excluding hydrogens is 432 g/mol. The molecule has 8 heteroatoms. The van der Waals surface area contributed by atoms with Crippen molar-refractivity contribution in [1.82, 2.24) is 15.5 Å². The zero-order valence-corrected chi connectivity index (χ0v) is 22.0. The third-order valence-electron chi connectivity index (χ3n) is 5.15. The monoisotopic (exact) mass is 472 g/mol. The van der Waals surface area contributed by atoms with Crippen LogP contribution in [0.15, 0.2) is 18.2 Å². The van der Waals surface area contributed by atoms with E-state index in [1.807, 2.05) is 59.7 Å². The van der Waals surface area contributed by atoms with Gasteiger partial charge < -0.3 is 20.3 Å². The highest BCUT2D eigenvalue weighted by atomic mass is 16.6. The normalized spacial score (nSPS) is 13.1. The van der Waals surface area contributed by atoms with Gasteiger partial charge in [0, 0.05) is 6.04 Å². The number of ether oxygens (including phenoxy) is 1. The maximum atomic E-state index is 13.8. The van der Waals surface area contributed by atoms with Gasteiger partial charge >= 0.3 is 6.09 Å². The Hall–Kier alpha value is -3.08. The molecule has 188 valence electrons. The number of nitriles is 1. The Morgan fingerprint density at radius 1 is 1.09 bits per heavy atom. The van der Waals surface area contributed by atoms with E-state index in [0.717, 1.165) is 11.1 Å². The van der Waals surface area contributed by atoms with Crippen LogP contribution in [0.1, 0.15) is 77.6 Å². The van der Waals surface area contributed by atoms with Gasteiger partial charge in [0.1, 0.15) is 24.2 Å². The van der Waals surface area contributed by atoms with Crippen molar-refractivity contribution in [3.63, 3.8) is 0 Å². The molecule has 0 saturated heterocycles. The second-order valence-corrected chi connectivity index (χ2v) is 10.3. The molecule has 0 saturated carbocycles. The van der Waals surface area contributed by atoms with E-state index >= 15 is 0 Å². The lowest BCUT2D eigenvalue weighted by Crippen LogP contribution is -2.54. The molecule has 2 atom stereocenters. The highest BCUT2D eigenvalue weighted by molar-refractivity contribution is 5.92. The number of carbonyl (C=O) groups is 3. The van der Waals surface area contributed by atoms with Crippen molar-refractivity contribution < 1.29 is 19.1 Å². The Morgan fingerprint density at radius 2 is 1.71 bits per heavy atom. The summed E-state index contributed by atoms with van der Waals surface area (Å²) in [5.41, 5.74) is 1.74. The second-order valence-electron chi connectivity index (χ2n) is 10.3. The highest BCUT2D eigenvalue weighted by Gasteiger charge is 2.37. The van der Waals surface area contributed by atoms with Crippen molar-refractivity contribution in [2.75, 3.05) is 6.54 Å². The molecule has 0 spiro atoms. The van der Waals surface area contributed by atoms with Gasteiger partial charge in [0.15, 0.2) is 0 Å². The fourth-order valence-corrected chi connectivity index (χ4v) is 3.60. The lowest BCUT2D eigenvalue weighted by atomic mass is 9.94. The number of aryl methyl sites for hydroxylation is 1. The molecule has 0 bridgehead atoms. The predicted octanol–water partition coefficient (Wildman–Crippen LogP) is 4.16. The van der Waals surface area contributed by atoms with Crippen LogP contribution in [-0.4, -0.2) is 47.0 Å². The molecular formula is C26H40N4O4. The Morgan fingerprint density at radius 3 is 2.21 bits per heavy atom. The zero-order valence-electron chi connectivity index (χ0n) is 22.0. The van der Waals surface area contributed by atoms with E-state index in [2.05, 4.69) is 10.6 Å². The van der Waals surface area contributed by atoms with Crippen LogP contribution in [0.2, 0.25) is 0 Å². The summed E-state index contributed by atoms with van der Waals surface area (Å²) in [5.74, 6) is -0.824. The number of hydrogen-bond donors (Lipinski definition) is 2. The van der Waals surface area contributed by atoms with Crippen LogP contribution in [0.25, 0.3) is 0 Å². The minimum Gasteiger partial charge on any atom is -0.444 e. The van der Waals surface area contributed by atoms with Crippen molar-refractivity contribution in [3.8, 4) is 6.07 Å². The summed E-state index contributed by atoms with van der Waals surface area (Å²) in [6, 6.07) is 5.43. The largest absolute Gasteiger partial charge is 0.444 e. The van der Waals surface area contributed by atoms with E-state index in [1.165, 1.54) is 4.90 Å². The maximum absolute atomic E-state index is 13.8. The number of carbonyl (C=O) groups excluding carboxylic acids is 3. The lowest BCUT2D eigenvalue weighted by molar-refractivity contribution is -0.142. The Kier molecular flexibility index (Phi) is 10.6. The molecule has 0 fully saturated rings. The molecule has 2 unspecified atom stereocenters. The maximum Gasteiger partial charge on any atom is 0.408 e. The van der Waals surface area contributed by atoms with Crippen molar-refractivity contribution >= 4 is 17.9 Å². The topological polar surface area (TPSA) is 112 Å². The third kappa shape index (κ3) is 8.69. The van der Waals surface area contributed by atoms with E-state index in [1.54, 1.807) is 26.8 Å². The van der Waals surface area contributed by atoms with E-state index in [4.69, 9.17) is 4.74 Å². The van der Waals surface area contributed by atoms with Crippen molar-refractivity contribution in [2.45, 2.75) is 92.5 Å². The van der Waals surface area contributed by atoms with Gasteiger partial charge in [0.2, 0.25) is 11.8 Å². The number of nitrogens with zero attached hydrogens (tertiary/aromatic N) is 2. The molecule has 0 aromatic heterocycles. The van der Waals surface area contributed by atoms with E-state index in [0.29, 0.717) is 12.0 Å². The first-order valence-corrected chi connectivity index (χ1v) is 11.7. The summed E-state index contributed by atoms with van der Waals surface area (Å²) in [7, 11) is 0. The standard InChI is InChI=1S/C26H40N4O4/c1-16(2)15-21(29-25(33)34-26(7,8)9)24(32)30(14-13-27)22(23(31)28-17(3)4)20-12-10-11-18(5)19(20)6/h10-12,16-17,21-22H,14-15H2,1-9H3,(H,28,31)(H,29,33). The van der Waals surface area contributed by atoms with Crippen molar-refractivity contribution in [1.29, 1.82) is 5.26 Å². The summed E-state index contributed by atoms with van der Waals surface area (Å²) in [6.07, 6.45) is -0.399. The van der Waals surface area contributed by atoms with E-state index in [-0.39, 0.29) is 24.4 Å². The van der Waals surface area contributed by atoms with Gasteiger partial charge in [-0.05, 0) is 77.5 Å². The third-order valence-corrected chi connectivity index (χ3v) is 5.15. The van der Waals surface area contributed by atoms with Crippen molar-refractivity contribution in [2.24, 2.45) is 5.92 Å². The minimum atomic E-state index is -1.02. The molecule has 1 aromatic rings. The summed E-state index contributed by atoms with van der Waals surface area (Å²) in [5, 5.41) is 15.1. The van der Waals surface area contributed by atoms with E-state index in [9.17, 15) is 19.6 Å². The number of benzene rings is 1. The molecule has 1 aromatic carbocycles. The Labute approximate surface area is 204 Å². The minimum absolute atomic E-state index is 0.0662. The Bertz CT molecular complexity index is 912. The predicted molar refractivity (Wildman–Crippen MR) is 132 cm³/mol. The fourth-order valence-electron chi connectivity index (χ4n) is 3.60. The molecule has 3 amide bonds. The summed E-state index contributed by atoms with van der Waals surface area (Å²) in [4.78, 5) is 40.9. The number of amides is 3. The zero-order chi connectivity index (χ0) is 26.2. The highest BCUT2D eigenvalue weighted by Crippen LogP contribution is 2.28. The molecule has 2 N–H and O–H groups in total. The molecule has 34 heavy (non-hydrogen) atoms. The summed E-state index contributed by atoms with van der Waals surface area (Å²) < 4.78 is 5.35. The van der Waals surface area contributed by atoms with Crippen LogP contribution in [0.5, 0.6) is 0 Å². The molecule has 8 nitrogen and oxygen atoms in total. The van der Waals surface area contributed by atoms with Gasteiger partial charge in [-0.1, -0.05) is 32.0 Å². The SMILES string of the molecule is Cc1cccc(C(C(=O)NC(C)C)N(CC#N)C(=O)C(CC(C)C)NC(=O)OC(C)(C)C)c1C. The fraction of sp³-hybridized carbons (Fsp3) is 0.615. The molecule has 0 radical (unpaired) electrons. The lowest BCUT2D eigenvalue weighted by Gasteiger charge is -2.34. The molecule has 0 aliphatic carbocycles. The number of hydrogen-bond acceptors (Lipinski definition) is 5. The van der Waals surface area contributed by atoms with Crippen LogP contribution >= 0.6 is 0 Å². The average molecular weight is 473 g/mol.